The van der Waals surface area contributed by atoms with Crippen LogP contribution in [-0.2, 0) is 11.3 Å². The minimum absolute atomic E-state index is 0.0546. The van der Waals surface area contributed by atoms with Gasteiger partial charge in [0.15, 0.2) is 0 Å². The highest BCUT2D eigenvalue weighted by Gasteiger charge is 2.13. The number of thiazole rings is 1. The monoisotopic (exact) mass is 417 g/mol. The zero-order valence-corrected chi connectivity index (χ0v) is 17.7. The molecule has 0 saturated carbocycles. The average molecular weight is 418 g/mol. The van der Waals surface area contributed by atoms with E-state index in [4.69, 9.17) is 9.72 Å². The lowest BCUT2D eigenvalue weighted by Gasteiger charge is -2.15. The van der Waals surface area contributed by atoms with Gasteiger partial charge in [-0.1, -0.05) is 24.3 Å². The third kappa shape index (κ3) is 4.60. The van der Waals surface area contributed by atoms with Crippen LogP contribution in [0.4, 0.5) is 5.69 Å². The van der Waals surface area contributed by atoms with Crippen molar-refractivity contribution in [2.75, 3.05) is 12.4 Å². The normalized spacial score (nSPS) is 11.8. The Kier molecular flexibility index (Phi) is 5.95. The number of methoxy groups -OCH3 is 1. The Balaban J connectivity index is 1.34. The molecule has 0 aliphatic carbocycles. The molecule has 2 N–H and O–H groups in total. The lowest BCUT2D eigenvalue weighted by atomic mass is 10.2. The van der Waals surface area contributed by atoms with E-state index in [1.54, 1.807) is 18.4 Å². The van der Waals surface area contributed by atoms with Crippen molar-refractivity contribution in [1.29, 1.82) is 0 Å². The molecule has 0 bridgehead atoms. The first kappa shape index (κ1) is 19.9. The number of ether oxygens (including phenoxy) is 1. The number of fused-ring (bicyclic) bond motifs is 1. The fraction of sp³-hybridized carbons (Fsp3) is 0.167. The molecule has 5 nitrogen and oxygen atoms in total. The first-order chi connectivity index (χ1) is 14.6. The molecule has 152 valence electrons. The number of para-hydroxylation sites is 1. The molecule has 1 aromatic heterocycles. The number of hydrogen-bond donors (Lipinski definition) is 2. The van der Waals surface area contributed by atoms with Crippen LogP contribution in [0.1, 0.15) is 12.5 Å². The molecule has 6 heteroatoms. The molecule has 0 spiro atoms. The highest BCUT2D eigenvalue weighted by atomic mass is 32.1. The molecule has 0 aliphatic rings. The molecule has 30 heavy (non-hydrogen) atoms. The van der Waals surface area contributed by atoms with Crippen LogP contribution in [-0.4, -0.2) is 24.0 Å². The fourth-order valence-electron chi connectivity index (χ4n) is 3.11. The van der Waals surface area contributed by atoms with Crippen LogP contribution >= 0.6 is 11.3 Å². The van der Waals surface area contributed by atoms with Crippen LogP contribution in [0.25, 0.3) is 20.8 Å². The lowest BCUT2D eigenvalue weighted by molar-refractivity contribution is -0.121. The van der Waals surface area contributed by atoms with Gasteiger partial charge in [-0.25, -0.2) is 4.98 Å². The summed E-state index contributed by atoms with van der Waals surface area (Å²) < 4.78 is 6.33. The zero-order valence-electron chi connectivity index (χ0n) is 16.9. The van der Waals surface area contributed by atoms with Crippen molar-refractivity contribution in [2.45, 2.75) is 19.5 Å². The largest absolute Gasteiger partial charge is 0.497 e. The van der Waals surface area contributed by atoms with E-state index in [1.807, 2.05) is 73.7 Å². The van der Waals surface area contributed by atoms with Crippen molar-refractivity contribution < 1.29 is 9.53 Å². The second kappa shape index (κ2) is 8.97. The van der Waals surface area contributed by atoms with E-state index in [0.717, 1.165) is 33.1 Å². The van der Waals surface area contributed by atoms with E-state index in [9.17, 15) is 4.79 Å². The number of benzene rings is 3. The van der Waals surface area contributed by atoms with Gasteiger partial charge >= 0.3 is 0 Å². The first-order valence-electron chi connectivity index (χ1n) is 9.75. The number of hydrogen-bond acceptors (Lipinski definition) is 5. The smallest absolute Gasteiger partial charge is 0.242 e. The van der Waals surface area contributed by atoms with Gasteiger partial charge in [-0.05, 0) is 61.0 Å². The molecule has 1 amide bonds. The van der Waals surface area contributed by atoms with Gasteiger partial charge in [0.2, 0.25) is 5.91 Å². The van der Waals surface area contributed by atoms with Crippen LogP contribution in [0.15, 0.2) is 72.8 Å². The van der Waals surface area contributed by atoms with Gasteiger partial charge in [0.05, 0.1) is 17.3 Å². The second-order valence-electron chi connectivity index (χ2n) is 7.00. The third-order valence-corrected chi connectivity index (χ3v) is 5.91. The summed E-state index contributed by atoms with van der Waals surface area (Å²) in [7, 11) is 1.63. The molecule has 0 unspecified atom stereocenters. The van der Waals surface area contributed by atoms with E-state index >= 15 is 0 Å². The summed E-state index contributed by atoms with van der Waals surface area (Å²) >= 11 is 1.68. The van der Waals surface area contributed by atoms with Crippen molar-refractivity contribution in [2.24, 2.45) is 0 Å². The first-order valence-corrected chi connectivity index (χ1v) is 10.6. The molecule has 0 radical (unpaired) electrons. The predicted octanol–water partition coefficient (Wildman–Crippen LogP) is 5.09. The number of anilines is 1. The maximum atomic E-state index is 12.4. The number of rotatable bonds is 7. The molecule has 4 rings (SSSR count). The van der Waals surface area contributed by atoms with E-state index in [0.29, 0.717) is 6.54 Å². The molecular formula is C24H23N3O2S. The Labute approximate surface area is 179 Å². The molecule has 0 fully saturated rings. The summed E-state index contributed by atoms with van der Waals surface area (Å²) in [4.78, 5) is 17.1. The van der Waals surface area contributed by atoms with Crippen LogP contribution in [0.3, 0.4) is 0 Å². The molecular weight excluding hydrogens is 394 g/mol. The standard InChI is InChI=1S/C24H23N3O2S/c1-16(23(28)25-15-17-7-13-20(29-2)14-8-17)26-19-11-9-18(10-12-19)24-27-21-5-3-4-6-22(21)30-24/h3-14,16,26H,15H2,1-2H3,(H,25,28)/t16-/m1/s1. The van der Waals surface area contributed by atoms with Crippen molar-refractivity contribution in [1.82, 2.24) is 10.3 Å². The average Bonchev–Trinajstić information content (AvgIpc) is 3.22. The fourth-order valence-corrected chi connectivity index (χ4v) is 4.08. The van der Waals surface area contributed by atoms with Crippen molar-refractivity contribution in [3.63, 3.8) is 0 Å². The highest BCUT2D eigenvalue weighted by Crippen LogP contribution is 2.30. The summed E-state index contributed by atoms with van der Waals surface area (Å²) in [5, 5.41) is 7.20. The van der Waals surface area contributed by atoms with Crippen LogP contribution in [0.2, 0.25) is 0 Å². The summed E-state index contributed by atoms with van der Waals surface area (Å²) in [5.41, 5.74) is 4.00. The Morgan fingerprint density at radius 2 is 1.77 bits per heavy atom. The Hall–Kier alpha value is -3.38. The van der Waals surface area contributed by atoms with Gasteiger partial charge in [-0.2, -0.15) is 0 Å². The molecule has 3 aromatic carbocycles. The van der Waals surface area contributed by atoms with E-state index in [-0.39, 0.29) is 11.9 Å². The maximum Gasteiger partial charge on any atom is 0.242 e. The Morgan fingerprint density at radius 1 is 1.03 bits per heavy atom. The molecule has 1 heterocycles. The van der Waals surface area contributed by atoms with Gasteiger partial charge in [0.25, 0.3) is 0 Å². The van der Waals surface area contributed by atoms with E-state index in [1.165, 1.54) is 4.70 Å². The predicted molar refractivity (Wildman–Crippen MR) is 123 cm³/mol. The van der Waals surface area contributed by atoms with Crippen LogP contribution < -0.4 is 15.4 Å². The van der Waals surface area contributed by atoms with Crippen molar-refractivity contribution in [3.8, 4) is 16.3 Å². The Morgan fingerprint density at radius 3 is 2.47 bits per heavy atom. The summed E-state index contributed by atoms with van der Waals surface area (Å²) in [6, 6.07) is 23.5. The molecule has 1 atom stereocenters. The second-order valence-corrected chi connectivity index (χ2v) is 8.03. The number of amides is 1. The highest BCUT2D eigenvalue weighted by molar-refractivity contribution is 7.21. The summed E-state index contributed by atoms with van der Waals surface area (Å²) in [6.45, 7) is 2.33. The lowest BCUT2D eigenvalue weighted by Crippen LogP contribution is -2.37. The van der Waals surface area contributed by atoms with Crippen molar-refractivity contribution >= 4 is 33.1 Å². The van der Waals surface area contributed by atoms with Crippen molar-refractivity contribution in [3.05, 3.63) is 78.4 Å². The SMILES string of the molecule is COc1ccc(CNC(=O)[C@@H](C)Nc2ccc(-c3nc4ccccc4s3)cc2)cc1. The zero-order chi connectivity index (χ0) is 20.9. The van der Waals surface area contributed by atoms with Crippen LogP contribution in [0, 0.1) is 0 Å². The van der Waals surface area contributed by atoms with Crippen LogP contribution in [0.5, 0.6) is 5.75 Å². The molecule has 4 aromatic rings. The van der Waals surface area contributed by atoms with Gasteiger partial charge in [0.1, 0.15) is 16.8 Å². The minimum Gasteiger partial charge on any atom is -0.497 e. The van der Waals surface area contributed by atoms with Gasteiger partial charge in [0, 0.05) is 17.8 Å². The molecule has 0 aliphatic heterocycles. The topological polar surface area (TPSA) is 63.2 Å². The number of carbonyl (C=O) groups excluding carboxylic acids is 1. The van der Waals surface area contributed by atoms with Gasteiger partial charge in [-0.3, -0.25) is 4.79 Å². The van der Waals surface area contributed by atoms with E-state index in [2.05, 4.69) is 16.7 Å². The van der Waals surface area contributed by atoms with E-state index < -0.39 is 0 Å². The number of nitrogens with one attached hydrogen (secondary N) is 2. The number of aromatic nitrogens is 1. The number of nitrogens with zero attached hydrogens (tertiary/aromatic N) is 1. The maximum absolute atomic E-state index is 12.4. The number of carbonyl (C=O) groups is 1. The van der Waals surface area contributed by atoms with Gasteiger partial charge in [-0.15, -0.1) is 11.3 Å². The van der Waals surface area contributed by atoms with Gasteiger partial charge < -0.3 is 15.4 Å². The Bertz CT molecular complexity index is 1100. The quantitative estimate of drug-likeness (QED) is 0.440. The summed E-state index contributed by atoms with van der Waals surface area (Å²) in [5.74, 6) is 0.746. The third-order valence-electron chi connectivity index (χ3n) is 4.83. The minimum atomic E-state index is -0.350. The molecule has 0 saturated heterocycles. The summed E-state index contributed by atoms with van der Waals surface area (Å²) in [6.07, 6.45) is 0.